The minimum atomic E-state index is 0. The van der Waals surface area contributed by atoms with Crippen LogP contribution in [-0.2, 0) is 31.4 Å². The number of hydrogen-bond donors (Lipinski definition) is 1. The van der Waals surface area contributed by atoms with Gasteiger partial charge in [-0.1, -0.05) is 24.3 Å². The average Bonchev–Trinajstić information content (AvgIpc) is 3.11. The molecule has 1 fully saturated rings. The third kappa shape index (κ3) is 7.31. The first-order valence-electron chi connectivity index (χ1n) is 10.1. The monoisotopic (exact) mass is 511 g/mol. The van der Waals surface area contributed by atoms with Crippen LogP contribution in [0.25, 0.3) is 0 Å². The summed E-state index contributed by atoms with van der Waals surface area (Å²) in [6.45, 7) is 9.19. The molecule has 0 saturated carbocycles. The van der Waals surface area contributed by atoms with Gasteiger partial charge < -0.3 is 19.5 Å². The fourth-order valence-corrected chi connectivity index (χ4v) is 3.38. The van der Waals surface area contributed by atoms with Crippen LogP contribution < -0.4 is 5.32 Å². The van der Waals surface area contributed by atoms with Crippen molar-refractivity contribution in [2.75, 3.05) is 39.9 Å². The second kappa shape index (κ2) is 12.2. The molecular formula is C22H34IN5O. The highest BCUT2D eigenvalue weighted by atomic mass is 127. The van der Waals surface area contributed by atoms with E-state index in [0.717, 1.165) is 51.9 Å². The Bertz CT molecular complexity index is 753. The van der Waals surface area contributed by atoms with Crippen LogP contribution in [-0.4, -0.2) is 60.2 Å². The Morgan fingerprint density at radius 3 is 2.45 bits per heavy atom. The molecule has 6 nitrogen and oxygen atoms in total. The normalized spacial score (nSPS) is 15.1. The van der Waals surface area contributed by atoms with Crippen LogP contribution in [0.1, 0.15) is 23.7 Å². The van der Waals surface area contributed by atoms with E-state index >= 15 is 0 Å². The van der Waals surface area contributed by atoms with Crippen molar-refractivity contribution in [1.29, 1.82) is 0 Å². The van der Waals surface area contributed by atoms with Crippen LogP contribution in [0, 0.1) is 0 Å². The number of nitrogens with zero attached hydrogens (tertiary/aromatic N) is 4. The molecule has 1 aromatic heterocycles. The number of benzene rings is 1. The molecule has 0 spiro atoms. The lowest BCUT2D eigenvalue weighted by atomic mass is 10.1. The molecule has 0 amide bonds. The lowest BCUT2D eigenvalue weighted by Crippen LogP contribution is -2.38. The lowest BCUT2D eigenvalue weighted by Gasteiger charge is -2.26. The zero-order chi connectivity index (χ0) is 19.8. The van der Waals surface area contributed by atoms with Gasteiger partial charge in [0.05, 0.1) is 26.3 Å². The number of aryl methyl sites for hydroxylation is 1. The maximum atomic E-state index is 5.42. The molecule has 3 rings (SSSR count). The van der Waals surface area contributed by atoms with Crippen molar-refractivity contribution in [3.63, 3.8) is 0 Å². The predicted octanol–water partition coefficient (Wildman–Crippen LogP) is 3.07. The topological polar surface area (TPSA) is 45.0 Å². The molecule has 0 aliphatic carbocycles. The smallest absolute Gasteiger partial charge is 0.194 e. The third-order valence-electron chi connectivity index (χ3n) is 5.09. The lowest BCUT2D eigenvalue weighted by molar-refractivity contribution is 0.0342. The Hall–Kier alpha value is -1.58. The van der Waals surface area contributed by atoms with E-state index in [2.05, 4.69) is 83.3 Å². The second-order valence-corrected chi connectivity index (χ2v) is 7.34. The number of rotatable bonds is 7. The fraction of sp³-hybridized carbons (Fsp3) is 0.500. The average molecular weight is 511 g/mol. The van der Waals surface area contributed by atoms with Crippen LogP contribution in [0.3, 0.4) is 0 Å². The Kier molecular flexibility index (Phi) is 9.96. The minimum Gasteiger partial charge on any atom is -0.379 e. The summed E-state index contributed by atoms with van der Waals surface area (Å²) in [5.74, 6) is 0.932. The van der Waals surface area contributed by atoms with Crippen molar-refractivity contribution < 1.29 is 4.74 Å². The summed E-state index contributed by atoms with van der Waals surface area (Å²) in [6, 6.07) is 13.1. The van der Waals surface area contributed by atoms with Gasteiger partial charge in [0.25, 0.3) is 0 Å². The molecule has 2 aromatic rings. The minimum absolute atomic E-state index is 0. The number of aliphatic imine (C=N–C) groups is 1. The van der Waals surface area contributed by atoms with E-state index in [0.29, 0.717) is 6.54 Å². The van der Waals surface area contributed by atoms with Gasteiger partial charge in [0, 0.05) is 52.2 Å². The Labute approximate surface area is 192 Å². The van der Waals surface area contributed by atoms with E-state index in [1.165, 1.54) is 16.8 Å². The van der Waals surface area contributed by atoms with Crippen molar-refractivity contribution in [3.05, 3.63) is 59.4 Å². The summed E-state index contributed by atoms with van der Waals surface area (Å²) in [6.07, 6.45) is 2.08. The predicted molar refractivity (Wildman–Crippen MR) is 130 cm³/mol. The molecule has 1 aromatic carbocycles. The van der Waals surface area contributed by atoms with Gasteiger partial charge in [-0.15, -0.1) is 24.0 Å². The summed E-state index contributed by atoms with van der Waals surface area (Å²) in [4.78, 5) is 9.45. The molecule has 0 unspecified atom stereocenters. The van der Waals surface area contributed by atoms with Gasteiger partial charge in [-0.25, -0.2) is 4.99 Å². The van der Waals surface area contributed by atoms with Gasteiger partial charge >= 0.3 is 0 Å². The highest BCUT2D eigenvalue weighted by molar-refractivity contribution is 14.0. The summed E-state index contributed by atoms with van der Waals surface area (Å²) in [7, 11) is 4.16. The SMILES string of the molecule is CCNC(=NCc1ccc(CN2CCOCC2)cc1)N(C)Cc1cccn1C.I. The molecule has 1 saturated heterocycles. The highest BCUT2D eigenvalue weighted by Gasteiger charge is 2.11. The van der Waals surface area contributed by atoms with E-state index in [9.17, 15) is 0 Å². The number of aromatic nitrogens is 1. The van der Waals surface area contributed by atoms with Crippen LogP contribution in [0.5, 0.6) is 0 Å². The zero-order valence-electron chi connectivity index (χ0n) is 17.8. The fourth-order valence-electron chi connectivity index (χ4n) is 3.38. The standard InChI is InChI=1S/C22H33N5O.HI/c1-4-23-22(26(3)18-21-6-5-11-25(21)2)24-16-19-7-9-20(10-8-19)17-27-12-14-28-15-13-27;/h5-11H,4,12-18H2,1-3H3,(H,23,24);1H. The number of ether oxygens (including phenoxy) is 1. The molecule has 0 bridgehead atoms. The van der Waals surface area contributed by atoms with E-state index in [4.69, 9.17) is 9.73 Å². The molecular weight excluding hydrogens is 477 g/mol. The van der Waals surface area contributed by atoms with Crippen molar-refractivity contribution in [2.45, 2.75) is 26.6 Å². The molecule has 160 valence electrons. The molecule has 1 N–H and O–H groups in total. The van der Waals surface area contributed by atoms with Crippen LogP contribution >= 0.6 is 24.0 Å². The summed E-state index contributed by atoms with van der Waals surface area (Å²) in [5.41, 5.74) is 3.84. The second-order valence-electron chi connectivity index (χ2n) is 7.34. The number of morpholine rings is 1. The van der Waals surface area contributed by atoms with Gasteiger partial charge in [-0.2, -0.15) is 0 Å². The van der Waals surface area contributed by atoms with Crippen molar-refractivity contribution >= 4 is 29.9 Å². The highest BCUT2D eigenvalue weighted by Crippen LogP contribution is 2.11. The molecule has 0 radical (unpaired) electrons. The molecule has 2 heterocycles. The van der Waals surface area contributed by atoms with Crippen LogP contribution in [0.4, 0.5) is 0 Å². The van der Waals surface area contributed by atoms with Crippen molar-refractivity contribution in [3.8, 4) is 0 Å². The van der Waals surface area contributed by atoms with E-state index < -0.39 is 0 Å². The first-order chi connectivity index (χ1) is 13.7. The largest absolute Gasteiger partial charge is 0.379 e. The number of halogens is 1. The third-order valence-corrected chi connectivity index (χ3v) is 5.09. The maximum Gasteiger partial charge on any atom is 0.194 e. The van der Waals surface area contributed by atoms with Gasteiger partial charge in [0.15, 0.2) is 5.96 Å². The Morgan fingerprint density at radius 2 is 1.83 bits per heavy atom. The number of hydrogen-bond acceptors (Lipinski definition) is 3. The number of guanidine groups is 1. The Balaban J connectivity index is 0.00000300. The first kappa shape index (κ1) is 23.7. The molecule has 7 heteroatoms. The molecule has 1 aliphatic rings. The summed E-state index contributed by atoms with van der Waals surface area (Å²) < 4.78 is 7.57. The first-order valence-corrected chi connectivity index (χ1v) is 10.1. The zero-order valence-corrected chi connectivity index (χ0v) is 20.1. The van der Waals surface area contributed by atoms with E-state index in [1.54, 1.807) is 0 Å². The van der Waals surface area contributed by atoms with Gasteiger partial charge in [-0.3, -0.25) is 4.90 Å². The van der Waals surface area contributed by atoms with Crippen molar-refractivity contribution in [1.82, 2.24) is 19.7 Å². The summed E-state index contributed by atoms with van der Waals surface area (Å²) >= 11 is 0. The van der Waals surface area contributed by atoms with Gasteiger partial charge in [0.2, 0.25) is 0 Å². The van der Waals surface area contributed by atoms with Crippen LogP contribution in [0.15, 0.2) is 47.6 Å². The maximum absolute atomic E-state index is 5.42. The van der Waals surface area contributed by atoms with Crippen LogP contribution in [0.2, 0.25) is 0 Å². The summed E-state index contributed by atoms with van der Waals surface area (Å²) in [5, 5.41) is 3.40. The van der Waals surface area contributed by atoms with E-state index in [-0.39, 0.29) is 24.0 Å². The van der Waals surface area contributed by atoms with Gasteiger partial charge in [0.1, 0.15) is 0 Å². The van der Waals surface area contributed by atoms with Gasteiger partial charge in [-0.05, 0) is 30.2 Å². The van der Waals surface area contributed by atoms with Crippen molar-refractivity contribution in [2.24, 2.45) is 12.0 Å². The molecule has 1 aliphatic heterocycles. The number of nitrogens with one attached hydrogen (secondary N) is 1. The quantitative estimate of drug-likeness (QED) is 0.353. The molecule has 29 heavy (non-hydrogen) atoms. The Morgan fingerprint density at radius 1 is 1.14 bits per heavy atom. The molecule has 0 atom stereocenters. The van der Waals surface area contributed by atoms with E-state index in [1.807, 2.05) is 0 Å².